The second kappa shape index (κ2) is 11.1. The molecule has 1 unspecified atom stereocenters. The van der Waals surface area contributed by atoms with Crippen molar-refractivity contribution in [3.63, 3.8) is 0 Å². The van der Waals surface area contributed by atoms with E-state index in [1.807, 2.05) is 65.3 Å². The molecule has 1 atom stereocenters. The molecule has 0 bridgehead atoms. The number of fused-ring (bicyclic) bond motifs is 1. The molecule has 2 aliphatic heterocycles. The summed E-state index contributed by atoms with van der Waals surface area (Å²) in [6.45, 7) is 4.75. The van der Waals surface area contributed by atoms with Gasteiger partial charge in [-0.15, -0.1) is 0 Å². The maximum absolute atomic E-state index is 13.3. The van der Waals surface area contributed by atoms with Gasteiger partial charge in [0.2, 0.25) is 0 Å². The van der Waals surface area contributed by atoms with Crippen molar-refractivity contribution in [1.82, 2.24) is 9.91 Å². The van der Waals surface area contributed by atoms with Crippen molar-refractivity contribution in [2.45, 2.75) is 25.8 Å². The molecular weight excluding hydrogens is 448 g/mol. The molecule has 0 radical (unpaired) electrons. The number of thioether (sulfide) groups is 1. The molecule has 8 heteroatoms. The van der Waals surface area contributed by atoms with E-state index in [0.29, 0.717) is 5.56 Å². The van der Waals surface area contributed by atoms with Crippen LogP contribution < -0.4 is 4.90 Å². The molecule has 1 amide bonds. The van der Waals surface area contributed by atoms with Crippen molar-refractivity contribution < 1.29 is 14.7 Å². The number of benzene rings is 2. The summed E-state index contributed by atoms with van der Waals surface area (Å²) in [6.07, 6.45) is 3.47. The van der Waals surface area contributed by atoms with Crippen LogP contribution in [0.4, 0.5) is 5.69 Å². The lowest BCUT2D eigenvalue weighted by Gasteiger charge is -2.36. The van der Waals surface area contributed by atoms with Crippen molar-refractivity contribution in [2.75, 3.05) is 49.6 Å². The van der Waals surface area contributed by atoms with Crippen LogP contribution in [0.1, 0.15) is 46.4 Å². The number of rotatable bonds is 7. The monoisotopic (exact) mass is 480 g/mol. The Balaban J connectivity index is 1.47. The van der Waals surface area contributed by atoms with Gasteiger partial charge in [-0.3, -0.25) is 19.5 Å². The number of nitrogens with zero attached hydrogens (tertiary/aromatic N) is 4. The average Bonchev–Trinajstić information content (AvgIpc) is 2.86. The predicted octanol–water partition coefficient (Wildman–Crippen LogP) is 3.74. The summed E-state index contributed by atoms with van der Waals surface area (Å²) < 4.78 is 0. The molecule has 0 saturated carbocycles. The Labute approximate surface area is 205 Å². The highest BCUT2D eigenvalue weighted by molar-refractivity contribution is 7.99. The van der Waals surface area contributed by atoms with Gasteiger partial charge in [0.25, 0.3) is 5.91 Å². The number of carboxylic acids is 1. The SMILES string of the molecule is CCC1c2cc(C(=O)N(C)c3ccc(C=NN4CCSCC4)cc3)ccc2CCN1CC(=O)O. The van der Waals surface area contributed by atoms with E-state index >= 15 is 0 Å². The van der Waals surface area contributed by atoms with Gasteiger partial charge < -0.3 is 10.0 Å². The first-order chi connectivity index (χ1) is 16.5. The number of carbonyl (C=O) groups is 2. The number of carboxylic acid groups (broad SMARTS) is 1. The first-order valence-corrected chi connectivity index (χ1v) is 12.9. The van der Waals surface area contributed by atoms with E-state index in [1.165, 1.54) is 5.56 Å². The Bertz CT molecular complexity index is 1050. The Morgan fingerprint density at radius 3 is 2.56 bits per heavy atom. The zero-order valence-electron chi connectivity index (χ0n) is 19.8. The highest BCUT2D eigenvalue weighted by Crippen LogP contribution is 2.33. The molecule has 34 heavy (non-hydrogen) atoms. The van der Waals surface area contributed by atoms with E-state index < -0.39 is 5.97 Å². The smallest absolute Gasteiger partial charge is 0.317 e. The first kappa shape index (κ1) is 24.3. The van der Waals surface area contributed by atoms with Crippen LogP contribution in [0.5, 0.6) is 0 Å². The van der Waals surface area contributed by atoms with Crippen molar-refractivity contribution in [2.24, 2.45) is 5.10 Å². The standard InChI is InChI=1S/C26H32N4O3S/c1-3-24-23-16-21(7-6-20(23)10-11-29(24)18-25(31)32)26(33)28(2)22-8-4-19(5-9-22)17-27-30-12-14-34-15-13-30/h4-9,16-17,24H,3,10-15,18H2,1-2H3,(H,31,32). The lowest BCUT2D eigenvalue weighted by Crippen LogP contribution is -2.39. The van der Waals surface area contributed by atoms with Crippen LogP contribution in [0.3, 0.4) is 0 Å². The van der Waals surface area contributed by atoms with Gasteiger partial charge in [0.05, 0.1) is 12.8 Å². The number of anilines is 1. The minimum absolute atomic E-state index is 0.00924. The van der Waals surface area contributed by atoms with Crippen molar-refractivity contribution in [3.05, 3.63) is 64.7 Å². The van der Waals surface area contributed by atoms with Gasteiger partial charge in [-0.25, -0.2) is 0 Å². The molecule has 0 aliphatic carbocycles. The number of hydrazone groups is 1. The first-order valence-electron chi connectivity index (χ1n) is 11.8. The lowest BCUT2D eigenvalue weighted by molar-refractivity contribution is -0.139. The highest BCUT2D eigenvalue weighted by Gasteiger charge is 2.28. The van der Waals surface area contributed by atoms with Gasteiger partial charge in [-0.2, -0.15) is 16.9 Å². The number of carbonyl (C=O) groups excluding carboxylic acids is 1. The Kier molecular flexibility index (Phi) is 7.90. The van der Waals surface area contributed by atoms with Gasteiger partial charge in [-0.05, 0) is 53.8 Å². The molecule has 1 fully saturated rings. The van der Waals surface area contributed by atoms with Crippen LogP contribution >= 0.6 is 11.8 Å². The fourth-order valence-electron chi connectivity index (χ4n) is 4.64. The average molecular weight is 481 g/mol. The zero-order valence-corrected chi connectivity index (χ0v) is 20.6. The summed E-state index contributed by atoms with van der Waals surface area (Å²) in [5.74, 6) is 1.32. The summed E-state index contributed by atoms with van der Waals surface area (Å²) in [5, 5.41) is 15.9. The Morgan fingerprint density at radius 1 is 1.15 bits per heavy atom. The van der Waals surface area contributed by atoms with Crippen LogP contribution in [0.25, 0.3) is 0 Å². The fourth-order valence-corrected chi connectivity index (χ4v) is 5.52. The summed E-state index contributed by atoms with van der Waals surface area (Å²) in [5.41, 5.74) is 4.70. The molecule has 0 spiro atoms. The molecule has 1 saturated heterocycles. The third kappa shape index (κ3) is 5.62. The molecule has 2 aromatic carbocycles. The fraction of sp³-hybridized carbons (Fsp3) is 0.423. The van der Waals surface area contributed by atoms with E-state index in [1.54, 1.807) is 11.9 Å². The minimum atomic E-state index is -0.822. The summed E-state index contributed by atoms with van der Waals surface area (Å²) in [6, 6.07) is 13.7. The van der Waals surface area contributed by atoms with Gasteiger partial charge in [0, 0.05) is 55.5 Å². The maximum atomic E-state index is 13.3. The third-order valence-electron chi connectivity index (χ3n) is 6.53. The molecular formula is C26H32N4O3S. The van der Waals surface area contributed by atoms with Crippen molar-refractivity contribution >= 4 is 35.5 Å². The predicted molar refractivity (Wildman–Crippen MR) is 138 cm³/mol. The van der Waals surface area contributed by atoms with E-state index in [-0.39, 0.29) is 18.5 Å². The number of hydrogen-bond acceptors (Lipinski definition) is 6. The summed E-state index contributed by atoms with van der Waals surface area (Å²) in [4.78, 5) is 28.2. The Hall–Kier alpha value is -2.84. The molecule has 4 rings (SSSR count). The lowest BCUT2D eigenvalue weighted by atomic mass is 9.89. The van der Waals surface area contributed by atoms with Crippen molar-refractivity contribution in [3.8, 4) is 0 Å². The van der Waals surface area contributed by atoms with Crippen LogP contribution in [-0.2, 0) is 11.2 Å². The Morgan fingerprint density at radius 2 is 1.88 bits per heavy atom. The van der Waals surface area contributed by atoms with E-state index in [2.05, 4.69) is 17.0 Å². The second-order valence-corrected chi connectivity index (χ2v) is 9.94. The number of amides is 1. The quantitative estimate of drug-likeness (QED) is 0.609. The van der Waals surface area contributed by atoms with Crippen LogP contribution in [-0.4, -0.2) is 77.8 Å². The minimum Gasteiger partial charge on any atom is -0.480 e. The third-order valence-corrected chi connectivity index (χ3v) is 7.47. The van der Waals surface area contributed by atoms with E-state index in [4.69, 9.17) is 0 Å². The summed E-state index contributed by atoms with van der Waals surface area (Å²) in [7, 11) is 1.78. The topological polar surface area (TPSA) is 76.5 Å². The zero-order chi connectivity index (χ0) is 24.1. The second-order valence-electron chi connectivity index (χ2n) is 8.72. The number of aliphatic carboxylic acids is 1. The van der Waals surface area contributed by atoms with Crippen LogP contribution in [0, 0.1) is 0 Å². The largest absolute Gasteiger partial charge is 0.480 e. The molecule has 7 nitrogen and oxygen atoms in total. The number of hydrogen-bond donors (Lipinski definition) is 1. The van der Waals surface area contributed by atoms with E-state index in [9.17, 15) is 14.7 Å². The van der Waals surface area contributed by atoms with Crippen LogP contribution in [0.2, 0.25) is 0 Å². The highest BCUT2D eigenvalue weighted by atomic mass is 32.2. The molecule has 180 valence electrons. The van der Waals surface area contributed by atoms with Gasteiger partial charge in [-0.1, -0.05) is 25.1 Å². The molecule has 2 aromatic rings. The molecule has 1 N–H and O–H groups in total. The van der Waals surface area contributed by atoms with E-state index in [0.717, 1.165) is 60.8 Å². The normalized spacial score (nSPS) is 18.6. The van der Waals surface area contributed by atoms with Crippen molar-refractivity contribution in [1.29, 1.82) is 0 Å². The van der Waals surface area contributed by atoms with Crippen LogP contribution in [0.15, 0.2) is 47.6 Å². The van der Waals surface area contributed by atoms with Gasteiger partial charge >= 0.3 is 5.97 Å². The van der Waals surface area contributed by atoms with Gasteiger partial charge in [0.15, 0.2) is 0 Å². The summed E-state index contributed by atoms with van der Waals surface area (Å²) >= 11 is 1.96. The molecule has 2 aliphatic rings. The molecule has 2 heterocycles. The molecule has 0 aromatic heterocycles. The van der Waals surface area contributed by atoms with Gasteiger partial charge in [0.1, 0.15) is 0 Å². The maximum Gasteiger partial charge on any atom is 0.317 e.